The molecule has 1 aromatic carbocycles. The van der Waals surface area contributed by atoms with Gasteiger partial charge in [0.05, 0.1) is 0 Å². The van der Waals surface area contributed by atoms with Crippen LogP contribution in [0.4, 0.5) is 0 Å². The number of benzene rings is 1. The summed E-state index contributed by atoms with van der Waals surface area (Å²) in [6.07, 6.45) is 3.00. The molecule has 0 radical (unpaired) electrons. The lowest BCUT2D eigenvalue weighted by Crippen LogP contribution is -2.53. The van der Waals surface area contributed by atoms with Gasteiger partial charge in [-0.15, -0.1) is 0 Å². The summed E-state index contributed by atoms with van der Waals surface area (Å²) in [7, 11) is 4.15. The standard InChI is InChI=1S/C18H27NO2/c1-13-6-8-15(9-7-13)16-10-11-18(3,21-14(2)20)17(12-16)19(4)5/h6-9,16-17H,10-12H2,1-5H3. The molecule has 0 saturated heterocycles. The molecule has 3 atom stereocenters. The molecule has 3 nitrogen and oxygen atoms in total. The Bertz CT molecular complexity index is 494. The molecule has 0 aromatic heterocycles. The van der Waals surface area contributed by atoms with Crippen molar-refractivity contribution in [1.29, 1.82) is 0 Å². The SMILES string of the molecule is CC(=O)OC1(C)CCC(c2ccc(C)cc2)CC1N(C)C. The summed E-state index contributed by atoms with van der Waals surface area (Å²) in [6, 6.07) is 9.09. The minimum absolute atomic E-state index is 0.182. The minimum atomic E-state index is -0.378. The van der Waals surface area contributed by atoms with Gasteiger partial charge < -0.3 is 9.64 Å². The highest BCUT2D eigenvalue weighted by molar-refractivity contribution is 5.66. The number of hydrogen-bond acceptors (Lipinski definition) is 3. The normalized spacial score (nSPS) is 29.4. The number of rotatable bonds is 3. The molecule has 1 saturated carbocycles. The average molecular weight is 289 g/mol. The Kier molecular flexibility index (Phi) is 4.72. The third kappa shape index (κ3) is 3.65. The van der Waals surface area contributed by atoms with Gasteiger partial charge in [0.1, 0.15) is 5.60 Å². The smallest absolute Gasteiger partial charge is 0.303 e. The van der Waals surface area contributed by atoms with Crippen molar-refractivity contribution in [3.8, 4) is 0 Å². The minimum Gasteiger partial charge on any atom is -0.458 e. The topological polar surface area (TPSA) is 29.5 Å². The highest BCUT2D eigenvalue weighted by atomic mass is 16.6. The number of ether oxygens (including phenoxy) is 1. The molecule has 1 aliphatic carbocycles. The Balaban J connectivity index is 2.18. The molecular formula is C18H27NO2. The van der Waals surface area contributed by atoms with Crippen molar-refractivity contribution in [3.63, 3.8) is 0 Å². The Morgan fingerprint density at radius 1 is 1.29 bits per heavy atom. The molecule has 1 aromatic rings. The van der Waals surface area contributed by atoms with E-state index in [0.29, 0.717) is 5.92 Å². The summed E-state index contributed by atoms with van der Waals surface area (Å²) in [5.41, 5.74) is 2.32. The molecule has 21 heavy (non-hydrogen) atoms. The molecule has 0 aliphatic heterocycles. The molecule has 0 bridgehead atoms. The fraction of sp³-hybridized carbons (Fsp3) is 0.611. The lowest BCUT2D eigenvalue weighted by Gasteiger charge is -2.46. The van der Waals surface area contributed by atoms with Crippen molar-refractivity contribution < 1.29 is 9.53 Å². The maximum Gasteiger partial charge on any atom is 0.303 e. The van der Waals surface area contributed by atoms with E-state index in [2.05, 4.69) is 57.1 Å². The first-order valence-electron chi connectivity index (χ1n) is 7.74. The van der Waals surface area contributed by atoms with Crippen molar-refractivity contribution in [3.05, 3.63) is 35.4 Å². The van der Waals surface area contributed by atoms with E-state index in [-0.39, 0.29) is 17.6 Å². The number of nitrogens with zero attached hydrogens (tertiary/aromatic N) is 1. The zero-order valence-electron chi connectivity index (χ0n) is 13.8. The first-order valence-corrected chi connectivity index (χ1v) is 7.74. The largest absolute Gasteiger partial charge is 0.458 e. The maximum absolute atomic E-state index is 11.4. The van der Waals surface area contributed by atoms with Gasteiger partial charge in [-0.25, -0.2) is 0 Å². The fourth-order valence-electron chi connectivity index (χ4n) is 3.61. The van der Waals surface area contributed by atoms with Gasteiger partial charge in [0, 0.05) is 13.0 Å². The average Bonchev–Trinajstić information content (AvgIpc) is 2.39. The summed E-state index contributed by atoms with van der Waals surface area (Å²) >= 11 is 0. The molecule has 0 heterocycles. The maximum atomic E-state index is 11.4. The number of esters is 1. The highest BCUT2D eigenvalue weighted by Crippen LogP contribution is 2.41. The van der Waals surface area contributed by atoms with E-state index < -0.39 is 0 Å². The summed E-state index contributed by atoms with van der Waals surface area (Å²) in [4.78, 5) is 13.6. The van der Waals surface area contributed by atoms with Crippen LogP contribution in [0.15, 0.2) is 24.3 Å². The number of carbonyl (C=O) groups is 1. The van der Waals surface area contributed by atoms with Gasteiger partial charge in [-0.05, 0) is 58.7 Å². The van der Waals surface area contributed by atoms with E-state index in [9.17, 15) is 4.79 Å². The van der Waals surface area contributed by atoms with Gasteiger partial charge in [-0.2, -0.15) is 0 Å². The second kappa shape index (κ2) is 6.18. The van der Waals surface area contributed by atoms with E-state index in [4.69, 9.17) is 4.74 Å². The lowest BCUT2D eigenvalue weighted by atomic mass is 9.73. The Hall–Kier alpha value is -1.35. The third-order valence-corrected chi connectivity index (χ3v) is 4.75. The van der Waals surface area contributed by atoms with Crippen molar-refractivity contribution in [1.82, 2.24) is 4.90 Å². The van der Waals surface area contributed by atoms with E-state index in [0.717, 1.165) is 19.3 Å². The molecule has 116 valence electrons. The van der Waals surface area contributed by atoms with Gasteiger partial charge in [0.25, 0.3) is 0 Å². The number of aryl methyl sites for hydroxylation is 1. The van der Waals surface area contributed by atoms with E-state index in [1.165, 1.54) is 18.1 Å². The second-order valence-corrected chi connectivity index (χ2v) is 6.77. The van der Waals surface area contributed by atoms with Crippen molar-refractivity contribution in [2.45, 2.75) is 57.6 Å². The van der Waals surface area contributed by atoms with Gasteiger partial charge in [-0.3, -0.25) is 4.79 Å². The zero-order valence-corrected chi connectivity index (χ0v) is 13.8. The number of carbonyl (C=O) groups excluding carboxylic acids is 1. The van der Waals surface area contributed by atoms with Crippen molar-refractivity contribution in [2.75, 3.05) is 14.1 Å². The van der Waals surface area contributed by atoms with Gasteiger partial charge in [0.15, 0.2) is 0 Å². The second-order valence-electron chi connectivity index (χ2n) is 6.77. The monoisotopic (exact) mass is 289 g/mol. The zero-order chi connectivity index (χ0) is 15.6. The van der Waals surface area contributed by atoms with Crippen LogP contribution in [0.5, 0.6) is 0 Å². The summed E-state index contributed by atoms with van der Waals surface area (Å²) < 4.78 is 5.68. The van der Waals surface area contributed by atoms with E-state index >= 15 is 0 Å². The van der Waals surface area contributed by atoms with Crippen LogP contribution >= 0.6 is 0 Å². The number of likely N-dealkylation sites (N-methyl/N-ethyl adjacent to an activating group) is 1. The highest BCUT2D eigenvalue weighted by Gasteiger charge is 2.44. The molecule has 2 rings (SSSR count). The molecule has 3 unspecified atom stereocenters. The Labute approximate surface area is 128 Å². The Morgan fingerprint density at radius 2 is 1.90 bits per heavy atom. The summed E-state index contributed by atoms with van der Waals surface area (Å²) in [5.74, 6) is 0.361. The first kappa shape index (κ1) is 16.0. The fourth-order valence-corrected chi connectivity index (χ4v) is 3.61. The van der Waals surface area contributed by atoms with Gasteiger partial charge in [0.2, 0.25) is 0 Å². The molecule has 0 amide bonds. The predicted octanol–water partition coefficient (Wildman–Crippen LogP) is 3.51. The van der Waals surface area contributed by atoms with Crippen LogP contribution < -0.4 is 0 Å². The van der Waals surface area contributed by atoms with E-state index in [1.807, 2.05) is 0 Å². The summed E-state index contributed by atoms with van der Waals surface area (Å²) in [5, 5.41) is 0. The Morgan fingerprint density at radius 3 is 2.43 bits per heavy atom. The van der Waals surface area contributed by atoms with Crippen LogP contribution in [0.1, 0.15) is 50.2 Å². The molecule has 0 spiro atoms. The molecule has 0 N–H and O–H groups in total. The van der Waals surface area contributed by atoms with Crippen LogP contribution in [0.3, 0.4) is 0 Å². The van der Waals surface area contributed by atoms with Crippen LogP contribution in [-0.4, -0.2) is 36.6 Å². The van der Waals surface area contributed by atoms with Crippen LogP contribution in [0.25, 0.3) is 0 Å². The van der Waals surface area contributed by atoms with Crippen LogP contribution in [0, 0.1) is 6.92 Å². The molecular weight excluding hydrogens is 262 g/mol. The van der Waals surface area contributed by atoms with Gasteiger partial charge >= 0.3 is 5.97 Å². The number of hydrogen-bond donors (Lipinski definition) is 0. The lowest BCUT2D eigenvalue weighted by molar-refractivity contribution is -0.166. The molecule has 1 fully saturated rings. The quantitative estimate of drug-likeness (QED) is 0.797. The van der Waals surface area contributed by atoms with Crippen LogP contribution in [0.2, 0.25) is 0 Å². The first-order chi connectivity index (χ1) is 9.82. The molecule has 3 heteroatoms. The van der Waals surface area contributed by atoms with Crippen LogP contribution in [-0.2, 0) is 9.53 Å². The van der Waals surface area contributed by atoms with Crippen molar-refractivity contribution >= 4 is 5.97 Å². The van der Waals surface area contributed by atoms with Crippen molar-refractivity contribution in [2.24, 2.45) is 0 Å². The van der Waals surface area contributed by atoms with E-state index in [1.54, 1.807) is 0 Å². The summed E-state index contributed by atoms with van der Waals surface area (Å²) in [6.45, 7) is 5.69. The van der Waals surface area contributed by atoms with Gasteiger partial charge in [-0.1, -0.05) is 29.8 Å². The predicted molar refractivity (Wildman–Crippen MR) is 85.4 cm³/mol. The third-order valence-electron chi connectivity index (χ3n) is 4.75. The molecule has 1 aliphatic rings.